The van der Waals surface area contributed by atoms with Crippen LogP contribution in [0.15, 0.2) is 66.7 Å². The van der Waals surface area contributed by atoms with E-state index in [4.69, 9.17) is 16.3 Å². The first-order valence-corrected chi connectivity index (χ1v) is 9.75. The van der Waals surface area contributed by atoms with E-state index in [0.29, 0.717) is 28.5 Å². The molecule has 1 heterocycles. The van der Waals surface area contributed by atoms with Gasteiger partial charge in [0.25, 0.3) is 0 Å². The van der Waals surface area contributed by atoms with Crippen LogP contribution in [0.4, 0.5) is 0 Å². The second-order valence-electron chi connectivity index (χ2n) is 6.64. The summed E-state index contributed by atoms with van der Waals surface area (Å²) in [6.45, 7) is 2.35. The van der Waals surface area contributed by atoms with Gasteiger partial charge in [0.15, 0.2) is 6.04 Å². The molecule has 0 fully saturated rings. The largest absolute Gasteiger partial charge is 0.467 e. The van der Waals surface area contributed by atoms with Gasteiger partial charge in [-0.1, -0.05) is 72.3 Å². The summed E-state index contributed by atoms with van der Waals surface area (Å²) in [6.07, 6.45) is 2.93. The zero-order valence-corrected chi connectivity index (χ0v) is 17.5. The molecule has 0 saturated heterocycles. The first-order valence-electron chi connectivity index (χ1n) is 9.37. The maximum Gasteiger partial charge on any atom is 0.333 e. The van der Waals surface area contributed by atoms with Crippen LogP contribution in [0.3, 0.4) is 0 Å². The van der Waals surface area contributed by atoms with Crippen molar-refractivity contribution >= 4 is 29.6 Å². The van der Waals surface area contributed by atoms with Crippen LogP contribution in [0.2, 0.25) is 5.15 Å². The quantitative estimate of drug-likeness (QED) is 0.461. The molecule has 1 aromatic heterocycles. The van der Waals surface area contributed by atoms with Crippen LogP contribution in [0, 0.1) is 6.92 Å². The Balaban J connectivity index is 1.75. The SMILES string of the molecule is COC(=O)C(NC(=O)C=Cc1c(C)nn(Cc2ccccc2)c1Cl)c1ccccc1. The predicted octanol–water partition coefficient (Wildman–Crippen LogP) is 3.94. The monoisotopic (exact) mass is 423 g/mol. The van der Waals surface area contributed by atoms with Crippen LogP contribution in [0.25, 0.3) is 6.08 Å². The van der Waals surface area contributed by atoms with Gasteiger partial charge in [0, 0.05) is 11.6 Å². The van der Waals surface area contributed by atoms with Gasteiger partial charge in [-0.2, -0.15) is 5.10 Å². The smallest absolute Gasteiger partial charge is 0.333 e. The lowest BCUT2D eigenvalue weighted by molar-refractivity contribution is -0.144. The Morgan fingerprint density at radius 1 is 1.13 bits per heavy atom. The molecule has 3 aromatic rings. The molecule has 3 rings (SSSR count). The van der Waals surface area contributed by atoms with E-state index in [0.717, 1.165) is 5.56 Å². The van der Waals surface area contributed by atoms with E-state index < -0.39 is 17.9 Å². The number of amides is 1. The van der Waals surface area contributed by atoms with Crippen molar-refractivity contribution in [3.63, 3.8) is 0 Å². The lowest BCUT2D eigenvalue weighted by atomic mass is 10.1. The highest BCUT2D eigenvalue weighted by Crippen LogP contribution is 2.22. The number of aryl methyl sites for hydroxylation is 1. The Morgan fingerprint density at radius 2 is 1.77 bits per heavy atom. The Labute approximate surface area is 180 Å². The molecule has 0 radical (unpaired) electrons. The van der Waals surface area contributed by atoms with Gasteiger partial charge >= 0.3 is 5.97 Å². The zero-order valence-electron chi connectivity index (χ0n) is 16.7. The Hall–Kier alpha value is -3.38. The number of hydrogen-bond acceptors (Lipinski definition) is 4. The molecule has 0 aliphatic carbocycles. The van der Waals surface area contributed by atoms with E-state index in [2.05, 4.69) is 10.4 Å². The summed E-state index contributed by atoms with van der Waals surface area (Å²) >= 11 is 6.48. The number of rotatable bonds is 7. The molecule has 1 atom stereocenters. The third-order valence-electron chi connectivity index (χ3n) is 4.54. The molecular formula is C23H22ClN3O3. The molecule has 154 valence electrons. The van der Waals surface area contributed by atoms with E-state index in [1.807, 2.05) is 43.3 Å². The van der Waals surface area contributed by atoms with Gasteiger partial charge in [-0.15, -0.1) is 0 Å². The van der Waals surface area contributed by atoms with Gasteiger partial charge in [0.05, 0.1) is 19.3 Å². The Kier molecular flexibility index (Phi) is 7.03. The highest BCUT2D eigenvalue weighted by molar-refractivity contribution is 6.31. The van der Waals surface area contributed by atoms with Crippen molar-refractivity contribution < 1.29 is 14.3 Å². The molecular weight excluding hydrogens is 402 g/mol. The molecule has 0 bridgehead atoms. The predicted molar refractivity (Wildman–Crippen MR) is 116 cm³/mol. The van der Waals surface area contributed by atoms with Crippen molar-refractivity contribution in [3.8, 4) is 0 Å². The summed E-state index contributed by atoms with van der Waals surface area (Å²) in [5, 5.41) is 7.57. The second kappa shape index (κ2) is 9.89. The third kappa shape index (κ3) is 5.15. The number of nitrogens with one attached hydrogen (secondary N) is 1. The van der Waals surface area contributed by atoms with E-state index in [1.54, 1.807) is 35.0 Å². The number of carbonyl (C=O) groups is 2. The highest BCUT2D eigenvalue weighted by Gasteiger charge is 2.22. The second-order valence-corrected chi connectivity index (χ2v) is 7.00. The minimum Gasteiger partial charge on any atom is -0.467 e. The molecule has 7 heteroatoms. The van der Waals surface area contributed by atoms with E-state index in [-0.39, 0.29) is 0 Å². The van der Waals surface area contributed by atoms with Crippen molar-refractivity contribution in [2.45, 2.75) is 19.5 Å². The van der Waals surface area contributed by atoms with Crippen molar-refractivity contribution in [2.75, 3.05) is 7.11 Å². The van der Waals surface area contributed by atoms with Gasteiger partial charge in [-0.25, -0.2) is 9.48 Å². The number of nitrogens with zero attached hydrogens (tertiary/aromatic N) is 2. The van der Waals surface area contributed by atoms with Gasteiger partial charge in [-0.05, 0) is 24.1 Å². The lowest BCUT2D eigenvalue weighted by Gasteiger charge is -2.15. The molecule has 0 spiro atoms. The number of esters is 1. The Morgan fingerprint density at radius 3 is 2.40 bits per heavy atom. The van der Waals surface area contributed by atoms with Crippen molar-refractivity contribution in [2.24, 2.45) is 0 Å². The van der Waals surface area contributed by atoms with Crippen molar-refractivity contribution in [1.82, 2.24) is 15.1 Å². The summed E-state index contributed by atoms with van der Waals surface area (Å²) in [7, 11) is 1.28. The lowest BCUT2D eigenvalue weighted by Crippen LogP contribution is -2.33. The fraction of sp³-hybridized carbons (Fsp3) is 0.174. The van der Waals surface area contributed by atoms with Gasteiger partial charge in [0.2, 0.25) is 5.91 Å². The maximum atomic E-state index is 12.5. The average Bonchev–Trinajstić information content (AvgIpc) is 3.03. The standard InChI is InChI=1S/C23H22ClN3O3/c1-16-19(22(24)27(26-16)15-17-9-5-3-6-10-17)13-14-20(28)25-21(23(29)30-2)18-11-7-4-8-12-18/h3-14,21H,15H2,1-2H3,(H,25,28). The number of methoxy groups -OCH3 is 1. The number of hydrogen-bond donors (Lipinski definition) is 1. The number of aromatic nitrogens is 2. The molecule has 0 aliphatic heterocycles. The maximum absolute atomic E-state index is 12.5. The van der Waals surface area contributed by atoms with Crippen LogP contribution < -0.4 is 5.32 Å². The van der Waals surface area contributed by atoms with Gasteiger partial charge in [0.1, 0.15) is 5.15 Å². The molecule has 1 N–H and O–H groups in total. The topological polar surface area (TPSA) is 73.2 Å². The molecule has 6 nitrogen and oxygen atoms in total. The molecule has 1 unspecified atom stereocenters. The average molecular weight is 424 g/mol. The summed E-state index contributed by atoms with van der Waals surface area (Å²) < 4.78 is 6.50. The van der Waals surface area contributed by atoms with Crippen LogP contribution >= 0.6 is 11.6 Å². The van der Waals surface area contributed by atoms with Crippen LogP contribution in [-0.2, 0) is 20.9 Å². The number of carbonyl (C=O) groups excluding carboxylic acids is 2. The van der Waals surface area contributed by atoms with E-state index in [9.17, 15) is 9.59 Å². The Bertz CT molecular complexity index is 1050. The fourth-order valence-electron chi connectivity index (χ4n) is 3.01. The third-order valence-corrected chi connectivity index (χ3v) is 4.94. The van der Waals surface area contributed by atoms with Gasteiger partial charge in [-0.3, -0.25) is 4.79 Å². The number of benzene rings is 2. The molecule has 1 amide bonds. The first kappa shape index (κ1) is 21.3. The summed E-state index contributed by atoms with van der Waals surface area (Å²) in [5.41, 5.74) is 3.06. The molecule has 2 aromatic carbocycles. The van der Waals surface area contributed by atoms with E-state index in [1.165, 1.54) is 13.2 Å². The number of ether oxygens (including phenoxy) is 1. The summed E-state index contributed by atoms with van der Waals surface area (Å²) in [6, 6.07) is 17.9. The number of halogens is 1. The fourth-order valence-corrected chi connectivity index (χ4v) is 3.31. The van der Waals surface area contributed by atoms with Crippen molar-refractivity contribution in [1.29, 1.82) is 0 Å². The van der Waals surface area contributed by atoms with Crippen LogP contribution in [0.5, 0.6) is 0 Å². The molecule has 0 aliphatic rings. The summed E-state index contributed by atoms with van der Waals surface area (Å²) in [5.74, 6) is -0.992. The first-order chi connectivity index (χ1) is 14.5. The van der Waals surface area contributed by atoms with Crippen LogP contribution in [-0.4, -0.2) is 28.8 Å². The van der Waals surface area contributed by atoms with Gasteiger partial charge < -0.3 is 10.1 Å². The van der Waals surface area contributed by atoms with Crippen LogP contribution in [0.1, 0.15) is 28.4 Å². The highest BCUT2D eigenvalue weighted by atomic mass is 35.5. The minimum absolute atomic E-state index is 0.438. The minimum atomic E-state index is -0.897. The zero-order chi connectivity index (χ0) is 21.5. The van der Waals surface area contributed by atoms with Crippen molar-refractivity contribution in [3.05, 3.63) is 94.3 Å². The molecule has 30 heavy (non-hydrogen) atoms. The van der Waals surface area contributed by atoms with E-state index >= 15 is 0 Å². The molecule has 0 saturated carbocycles. The summed E-state index contributed by atoms with van der Waals surface area (Å²) in [4.78, 5) is 24.6. The normalized spacial score (nSPS) is 12.0.